The van der Waals surface area contributed by atoms with E-state index in [-0.39, 0.29) is 6.61 Å². The summed E-state index contributed by atoms with van der Waals surface area (Å²) in [5, 5.41) is 10.8. The number of rotatable bonds is 7. The molecule has 0 aliphatic rings. The van der Waals surface area contributed by atoms with Gasteiger partial charge in [-0.15, -0.1) is 0 Å². The summed E-state index contributed by atoms with van der Waals surface area (Å²) in [5.74, 6) is 0.933. The van der Waals surface area contributed by atoms with Crippen LogP contribution in [-0.4, -0.2) is 22.7 Å². The summed E-state index contributed by atoms with van der Waals surface area (Å²) in [6.45, 7) is 7.61. The first-order chi connectivity index (χ1) is 10.2. The zero-order valence-corrected chi connectivity index (χ0v) is 13.3. The average Bonchev–Trinajstić information content (AvgIpc) is 2.50. The Bertz CT molecular complexity index is 580. The minimum Gasteiger partial charge on any atom is -0.392 e. The van der Waals surface area contributed by atoms with Gasteiger partial charge in [0, 0.05) is 23.5 Å². The molecule has 2 aromatic rings. The molecule has 114 valence electrons. The largest absolute Gasteiger partial charge is 0.392 e. The van der Waals surface area contributed by atoms with Gasteiger partial charge in [-0.25, -0.2) is 4.98 Å². The van der Waals surface area contributed by atoms with Gasteiger partial charge in [-0.1, -0.05) is 38.0 Å². The van der Waals surface area contributed by atoms with E-state index >= 15 is 0 Å². The first-order valence-electron chi connectivity index (χ1n) is 7.93. The van der Waals surface area contributed by atoms with Crippen LogP contribution >= 0.6 is 0 Å². The number of pyridine rings is 1. The second kappa shape index (κ2) is 7.41. The molecule has 0 aliphatic carbocycles. The van der Waals surface area contributed by atoms with Gasteiger partial charge in [0.1, 0.15) is 5.82 Å². The lowest BCUT2D eigenvalue weighted by Crippen LogP contribution is -2.33. The standard InChI is InChI=1S/C18H26N2O/c1-4-5-8-11-20(14(2)3)18-16(13-21)12-15-9-6-7-10-17(15)19-18/h6-7,9-10,12,14,21H,4-5,8,11,13H2,1-3H3. The topological polar surface area (TPSA) is 36.4 Å². The lowest BCUT2D eigenvalue weighted by Gasteiger charge is -2.30. The second-order valence-corrected chi connectivity index (χ2v) is 5.82. The van der Waals surface area contributed by atoms with Crippen molar-refractivity contribution in [3.8, 4) is 0 Å². The van der Waals surface area contributed by atoms with Gasteiger partial charge in [0.2, 0.25) is 0 Å². The van der Waals surface area contributed by atoms with Gasteiger partial charge >= 0.3 is 0 Å². The molecule has 0 atom stereocenters. The number of aliphatic hydroxyl groups excluding tert-OH is 1. The fraction of sp³-hybridized carbons (Fsp3) is 0.500. The molecule has 0 bridgehead atoms. The summed E-state index contributed by atoms with van der Waals surface area (Å²) in [6, 6.07) is 10.5. The Labute approximate surface area is 127 Å². The van der Waals surface area contributed by atoms with Crippen molar-refractivity contribution >= 4 is 16.7 Å². The summed E-state index contributed by atoms with van der Waals surface area (Å²) in [6.07, 6.45) is 3.60. The molecular formula is C18H26N2O. The third kappa shape index (κ3) is 3.73. The SMILES string of the molecule is CCCCCN(c1nc2ccccc2cc1CO)C(C)C. The summed E-state index contributed by atoms with van der Waals surface area (Å²) in [7, 11) is 0. The normalized spacial score (nSPS) is 11.3. The Kier molecular flexibility index (Phi) is 5.57. The minimum atomic E-state index is 0.0319. The molecule has 21 heavy (non-hydrogen) atoms. The number of anilines is 1. The molecule has 0 fully saturated rings. The molecule has 0 saturated carbocycles. The lowest BCUT2D eigenvalue weighted by molar-refractivity contribution is 0.281. The first-order valence-corrected chi connectivity index (χ1v) is 7.93. The van der Waals surface area contributed by atoms with Gasteiger partial charge in [0.25, 0.3) is 0 Å². The Balaban J connectivity index is 2.39. The number of unbranched alkanes of at least 4 members (excludes halogenated alkanes) is 2. The van der Waals surface area contributed by atoms with Gasteiger partial charge in [-0.3, -0.25) is 0 Å². The number of aromatic nitrogens is 1. The van der Waals surface area contributed by atoms with E-state index in [9.17, 15) is 5.11 Å². The molecule has 1 heterocycles. The Morgan fingerprint density at radius 1 is 1.19 bits per heavy atom. The highest BCUT2D eigenvalue weighted by Crippen LogP contribution is 2.25. The van der Waals surface area contributed by atoms with Gasteiger partial charge < -0.3 is 10.0 Å². The van der Waals surface area contributed by atoms with E-state index < -0.39 is 0 Å². The van der Waals surface area contributed by atoms with Crippen LogP contribution in [-0.2, 0) is 6.61 Å². The molecule has 1 aromatic heterocycles. The van der Waals surface area contributed by atoms with E-state index in [1.165, 1.54) is 12.8 Å². The van der Waals surface area contributed by atoms with E-state index in [0.717, 1.165) is 35.2 Å². The van der Waals surface area contributed by atoms with Crippen LogP contribution in [0.2, 0.25) is 0 Å². The summed E-state index contributed by atoms with van der Waals surface area (Å²) in [4.78, 5) is 7.13. The number of aliphatic hydroxyl groups is 1. The maximum Gasteiger partial charge on any atom is 0.135 e. The summed E-state index contributed by atoms with van der Waals surface area (Å²) < 4.78 is 0. The van der Waals surface area contributed by atoms with Crippen LogP contribution in [0.25, 0.3) is 10.9 Å². The van der Waals surface area contributed by atoms with Gasteiger partial charge in [0.15, 0.2) is 0 Å². The number of hydrogen-bond donors (Lipinski definition) is 1. The van der Waals surface area contributed by atoms with Crippen LogP contribution in [0.1, 0.15) is 45.6 Å². The molecular weight excluding hydrogens is 260 g/mol. The van der Waals surface area contributed by atoms with Crippen LogP contribution in [0.4, 0.5) is 5.82 Å². The highest BCUT2D eigenvalue weighted by atomic mass is 16.3. The molecule has 0 amide bonds. The predicted molar refractivity (Wildman–Crippen MR) is 89.7 cm³/mol. The van der Waals surface area contributed by atoms with E-state index in [2.05, 4.69) is 31.7 Å². The second-order valence-electron chi connectivity index (χ2n) is 5.82. The van der Waals surface area contributed by atoms with Crippen molar-refractivity contribution in [1.82, 2.24) is 4.98 Å². The van der Waals surface area contributed by atoms with Crippen LogP contribution in [0.15, 0.2) is 30.3 Å². The zero-order valence-electron chi connectivity index (χ0n) is 13.3. The van der Waals surface area contributed by atoms with Crippen molar-refractivity contribution in [2.45, 2.75) is 52.7 Å². The number of para-hydroxylation sites is 1. The average molecular weight is 286 g/mol. The maximum atomic E-state index is 9.71. The van der Waals surface area contributed by atoms with Crippen LogP contribution in [0, 0.1) is 0 Å². The van der Waals surface area contributed by atoms with Gasteiger partial charge in [0.05, 0.1) is 12.1 Å². The fourth-order valence-electron chi connectivity index (χ4n) is 2.66. The Morgan fingerprint density at radius 3 is 2.62 bits per heavy atom. The van der Waals surface area contributed by atoms with Crippen LogP contribution in [0.5, 0.6) is 0 Å². The van der Waals surface area contributed by atoms with E-state index in [0.29, 0.717) is 6.04 Å². The third-order valence-electron chi connectivity index (χ3n) is 3.85. The van der Waals surface area contributed by atoms with Crippen molar-refractivity contribution in [3.05, 3.63) is 35.9 Å². The molecule has 0 radical (unpaired) electrons. The van der Waals surface area contributed by atoms with Gasteiger partial charge in [-0.05, 0) is 32.4 Å². The predicted octanol–water partition coefficient (Wildman–Crippen LogP) is 4.13. The van der Waals surface area contributed by atoms with Crippen LogP contribution < -0.4 is 4.90 Å². The molecule has 1 N–H and O–H groups in total. The number of nitrogens with zero attached hydrogens (tertiary/aromatic N) is 2. The summed E-state index contributed by atoms with van der Waals surface area (Å²) in [5.41, 5.74) is 1.91. The number of benzene rings is 1. The molecule has 3 nitrogen and oxygen atoms in total. The van der Waals surface area contributed by atoms with E-state index in [1.54, 1.807) is 0 Å². The van der Waals surface area contributed by atoms with Crippen molar-refractivity contribution in [2.75, 3.05) is 11.4 Å². The van der Waals surface area contributed by atoms with Crippen LogP contribution in [0.3, 0.4) is 0 Å². The third-order valence-corrected chi connectivity index (χ3v) is 3.85. The first kappa shape index (κ1) is 15.8. The van der Waals surface area contributed by atoms with E-state index in [1.807, 2.05) is 24.3 Å². The van der Waals surface area contributed by atoms with Gasteiger partial charge in [-0.2, -0.15) is 0 Å². The maximum absolute atomic E-state index is 9.71. The highest BCUT2D eigenvalue weighted by molar-refractivity contribution is 5.81. The summed E-state index contributed by atoms with van der Waals surface area (Å²) >= 11 is 0. The molecule has 0 saturated heterocycles. The smallest absolute Gasteiger partial charge is 0.135 e. The highest BCUT2D eigenvalue weighted by Gasteiger charge is 2.16. The van der Waals surface area contributed by atoms with Crippen molar-refractivity contribution in [1.29, 1.82) is 0 Å². The minimum absolute atomic E-state index is 0.0319. The fourth-order valence-corrected chi connectivity index (χ4v) is 2.66. The lowest BCUT2D eigenvalue weighted by atomic mass is 10.1. The number of hydrogen-bond acceptors (Lipinski definition) is 3. The number of fused-ring (bicyclic) bond motifs is 1. The molecule has 2 rings (SSSR count). The Hall–Kier alpha value is -1.61. The molecule has 1 aromatic carbocycles. The van der Waals surface area contributed by atoms with Crippen molar-refractivity contribution in [3.63, 3.8) is 0 Å². The Morgan fingerprint density at radius 2 is 1.95 bits per heavy atom. The van der Waals surface area contributed by atoms with Crippen molar-refractivity contribution in [2.24, 2.45) is 0 Å². The molecule has 0 spiro atoms. The quantitative estimate of drug-likeness (QED) is 0.777. The molecule has 0 aliphatic heterocycles. The monoisotopic (exact) mass is 286 g/mol. The molecule has 3 heteroatoms. The zero-order chi connectivity index (χ0) is 15.2. The molecule has 0 unspecified atom stereocenters. The van der Waals surface area contributed by atoms with Crippen molar-refractivity contribution < 1.29 is 5.11 Å². The van der Waals surface area contributed by atoms with E-state index in [4.69, 9.17) is 4.98 Å².